The second kappa shape index (κ2) is 13.3. The van der Waals surface area contributed by atoms with Crippen LogP contribution in [0.3, 0.4) is 0 Å². The molecule has 3 rings (SSSR count). The zero-order valence-electron chi connectivity index (χ0n) is 20.8. The van der Waals surface area contributed by atoms with Crippen LogP contribution in [0.1, 0.15) is 49.7 Å². The Bertz CT molecular complexity index is 1170. The van der Waals surface area contributed by atoms with Gasteiger partial charge in [-0.15, -0.1) is 6.58 Å². The molecule has 5 nitrogen and oxygen atoms in total. The third kappa shape index (κ3) is 7.35. The van der Waals surface area contributed by atoms with Crippen molar-refractivity contribution in [3.63, 3.8) is 0 Å². The number of carboxylic acid groups (broad SMARTS) is 1. The van der Waals surface area contributed by atoms with Gasteiger partial charge in [0.25, 0.3) is 0 Å². The summed E-state index contributed by atoms with van der Waals surface area (Å²) in [4.78, 5) is 11.3. The Balaban J connectivity index is 1.83. The molecule has 3 aromatic rings. The number of unbranched alkanes of at least 4 members (excludes halogenated alkanes) is 1. The number of ether oxygens (including phenoxy) is 3. The Morgan fingerprint density at radius 2 is 1.89 bits per heavy atom. The summed E-state index contributed by atoms with van der Waals surface area (Å²) in [6.45, 7) is 6.63. The van der Waals surface area contributed by atoms with Crippen molar-refractivity contribution in [2.75, 3.05) is 13.7 Å². The van der Waals surface area contributed by atoms with Gasteiger partial charge < -0.3 is 19.3 Å². The molecule has 3 aromatic carbocycles. The molecule has 1 atom stereocenters. The SMILES string of the molecule is C=CC[C@H](CC(=O)O)c1cccc(OCc2ccc(-c3cc(OC)ccc3F)c(OCCCC)c2)c1. The van der Waals surface area contributed by atoms with Crippen LogP contribution in [0.15, 0.2) is 73.3 Å². The van der Waals surface area contributed by atoms with Crippen molar-refractivity contribution in [1.29, 1.82) is 0 Å². The van der Waals surface area contributed by atoms with Crippen molar-refractivity contribution in [3.8, 4) is 28.4 Å². The number of aliphatic carboxylic acids is 1. The number of hydrogen-bond donors (Lipinski definition) is 1. The van der Waals surface area contributed by atoms with Crippen LogP contribution in [-0.4, -0.2) is 24.8 Å². The number of halogens is 1. The molecule has 1 N–H and O–H groups in total. The number of carbonyl (C=O) groups is 1. The summed E-state index contributed by atoms with van der Waals surface area (Å²) in [5.74, 6) is 0.417. The van der Waals surface area contributed by atoms with Gasteiger partial charge in [-0.25, -0.2) is 4.39 Å². The van der Waals surface area contributed by atoms with Gasteiger partial charge in [0, 0.05) is 11.1 Å². The van der Waals surface area contributed by atoms with Gasteiger partial charge >= 0.3 is 5.97 Å². The highest BCUT2D eigenvalue weighted by molar-refractivity contribution is 5.72. The van der Waals surface area contributed by atoms with Crippen LogP contribution in [0.2, 0.25) is 0 Å². The van der Waals surface area contributed by atoms with Gasteiger partial charge in [0.1, 0.15) is 29.7 Å². The van der Waals surface area contributed by atoms with Crippen molar-refractivity contribution in [1.82, 2.24) is 0 Å². The van der Waals surface area contributed by atoms with E-state index >= 15 is 0 Å². The van der Waals surface area contributed by atoms with E-state index in [0.29, 0.717) is 41.4 Å². The number of methoxy groups -OCH3 is 1. The predicted octanol–water partition coefficient (Wildman–Crippen LogP) is 7.39. The van der Waals surface area contributed by atoms with Crippen LogP contribution in [0.4, 0.5) is 4.39 Å². The first-order chi connectivity index (χ1) is 17.4. The van der Waals surface area contributed by atoms with E-state index in [2.05, 4.69) is 13.5 Å². The van der Waals surface area contributed by atoms with Gasteiger partial charge in [-0.3, -0.25) is 4.79 Å². The van der Waals surface area contributed by atoms with E-state index in [4.69, 9.17) is 14.2 Å². The molecule has 190 valence electrons. The molecule has 0 aliphatic heterocycles. The van der Waals surface area contributed by atoms with Gasteiger partial charge in [-0.1, -0.05) is 43.7 Å². The highest BCUT2D eigenvalue weighted by atomic mass is 19.1. The lowest BCUT2D eigenvalue weighted by atomic mass is 9.92. The quantitative estimate of drug-likeness (QED) is 0.188. The van der Waals surface area contributed by atoms with Crippen LogP contribution >= 0.6 is 0 Å². The van der Waals surface area contributed by atoms with E-state index in [1.165, 1.54) is 6.07 Å². The third-order valence-electron chi connectivity index (χ3n) is 5.87. The van der Waals surface area contributed by atoms with Gasteiger partial charge in [-0.05, 0) is 66.3 Å². The summed E-state index contributed by atoms with van der Waals surface area (Å²) in [5.41, 5.74) is 2.82. The van der Waals surface area contributed by atoms with Crippen LogP contribution in [0.5, 0.6) is 17.2 Å². The molecule has 0 radical (unpaired) electrons. The number of rotatable bonds is 14. The lowest BCUT2D eigenvalue weighted by molar-refractivity contribution is -0.137. The van der Waals surface area contributed by atoms with Crippen molar-refractivity contribution in [2.24, 2.45) is 0 Å². The van der Waals surface area contributed by atoms with Gasteiger partial charge in [-0.2, -0.15) is 0 Å². The Labute approximate surface area is 212 Å². The maximum absolute atomic E-state index is 14.7. The summed E-state index contributed by atoms with van der Waals surface area (Å²) in [6.07, 6.45) is 4.19. The maximum atomic E-state index is 14.7. The fourth-order valence-electron chi connectivity index (χ4n) is 3.94. The summed E-state index contributed by atoms with van der Waals surface area (Å²) in [7, 11) is 1.55. The molecule has 0 aliphatic rings. The summed E-state index contributed by atoms with van der Waals surface area (Å²) in [6, 6.07) is 17.7. The lowest BCUT2D eigenvalue weighted by Crippen LogP contribution is -2.06. The summed E-state index contributed by atoms with van der Waals surface area (Å²) in [5, 5.41) is 9.24. The molecule has 0 spiro atoms. The second-order valence-electron chi connectivity index (χ2n) is 8.56. The van der Waals surface area contributed by atoms with E-state index in [0.717, 1.165) is 24.0 Å². The summed E-state index contributed by atoms with van der Waals surface area (Å²) < 4.78 is 32.0. The monoisotopic (exact) mass is 492 g/mol. The molecule has 0 amide bonds. The van der Waals surface area contributed by atoms with E-state index < -0.39 is 5.97 Å². The Morgan fingerprint density at radius 1 is 1.06 bits per heavy atom. The predicted molar refractivity (Wildman–Crippen MR) is 139 cm³/mol. The van der Waals surface area contributed by atoms with Crippen molar-refractivity contribution in [2.45, 2.75) is 45.1 Å². The van der Waals surface area contributed by atoms with Gasteiger partial charge in [0.2, 0.25) is 0 Å². The zero-order valence-corrected chi connectivity index (χ0v) is 20.8. The number of allylic oxidation sites excluding steroid dienone is 1. The molecule has 36 heavy (non-hydrogen) atoms. The smallest absolute Gasteiger partial charge is 0.303 e. The minimum absolute atomic E-state index is 0.0240. The topological polar surface area (TPSA) is 65.0 Å². The van der Waals surface area contributed by atoms with E-state index in [-0.39, 0.29) is 24.8 Å². The lowest BCUT2D eigenvalue weighted by Gasteiger charge is -2.16. The molecule has 0 aliphatic carbocycles. The fourth-order valence-corrected chi connectivity index (χ4v) is 3.94. The molecule has 0 unspecified atom stereocenters. The highest BCUT2D eigenvalue weighted by Gasteiger charge is 2.16. The standard InChI is InChI=1S/C30H33FO5/c1-4-6-15-35-29-16-21(11-13-26(29)27-19-24(34-3)12-14-28(27)31)20-36-25-10-7-9-23(17-25)22(8-5-2)18-30(32)33/h5,7,9-14,16-17,19,22H,2,4,6,8,15,18,20H2,1,3H3,(H,32,33)/t22-/m1/s1. The third-order valence-corrected chi connectivity index (χ3v) is 5.87. The maximum Gasteiger partial charge on any atom is 0.303 e. The first kappa shape index (κ1) is 26.8. The van der Waals surface area contributed by atoms with Crippen LogP contribution in [0, 0.1) is 5.82 Å². The van der Waals surface area contributed by atoms with Gasteiger partial charge in [0.05, 0.1) is 20.1 Å². The zero-order chi connectivity index (χ0) is 25.9. The van der Waals surface area contributed by atoms with Crippen LogP contribution < -0.4 is 14.2 Å². The minimum Gasteiger partial charge on any atom is -0.497 e. The second-order valence-corrected chi connectivity index (χ2v) is 8.56. The van der Waals surface area contributed by atoms with E-state index in [1.807, 2.05) is 42.5 Å². The number of benzene rings is 3. The Kier molecular flexibility index (Phi) is 9.92. The molecule has 0 saturated carbocycles. The first-order valence-corrected chi connectivity index (χ1v) is 12.1. The molecule has 0 fully saturated rings. The van der Waals surface area contributed by atoms with Crippen molar-refractivity contribution >= 4 is 5.97 Å². The molecule has 0 bridgehead atoms. The van der Waals surface area contributed by atoms with E-state index in [9.17, 15) is 14.3 Å². The average molecular weight is 493 g/mol. The number of hydrogen-bond acceptors (Lipinski definition) is 4. The molecular formula is C30H33FO5. The minimum atomic E-state index is -0.851. The van der Waals surface area contributed by atoms with E-state index in [1.54, 1.807) is 25.3 Å². The Hall–Kier alpha value is -3.80. The Morgan fingerprint density at radius 3 is 2.61 bits per heavy atom. The molecule has 6 heteroatoms. The van der Waals surface area contributed by atoms with Crippen molar-refractivity contribution in [3.05, 3.63) is 90.3 Å². The molecule has 0 aromatic heterocycles. The highest BCUT2D eigenvalue weighted by Crippen LogP contribution is 2.35. The normalized spacial score (nSPS) is 11.5. The fraction of sp³-hybridized carbons (Fsp3) is 0.300. The summed E-state index contributed by atoms with van der Waals surface area (Å²) >= 11 is 0. The van der Waals surface area contributed by atoms with Crippen LogP contribution in [0.25, 0.3) is 11.1 Å². The van der Waals surface area contributed by atoms with Crippen molar-refractivity contribution < 1.29 is 28.5 Å². The molecule has 0 heterocycles. The molecule has 0 saturated heterocycles. The average Bonchev–Trinajstić information content (AvgIpc) is 2.88. The number of carboxylic acids is 1. The first-order valence-electron chi connectivity index (χ1n) is 12.1. The van der Waals surface area contributed by atoms with Crippen LogP contribution in [-0.2, 0) is 11.4 Å². The van der Waals surface area contributed by atoms with Gasteiger partial charge in [0.15, 0.2) is 0 Å². The molecular weight excluding hydrogens is 459 g/mol. The largest absolute Gasteiger partial charge is 0.497 e.